The largest absolute Gasteiger partial charge is 0.272 e. The second kappa shape index (κ2) is 5.27. The van der Waals surface area contributed by atoms with Crippen molar-refractivity contribution in [1.29, 1.82) is 0 Å². The molecule has 0 aromatic heterocycles. The smallest absolute Gasteiger partial charge is 0.258 e. The highest BCUT2D eigenvalue weighted by atomic mass is 16.6. The van der Waals surface area contributed by atoms with E-state index in [2.05, 4.69) is 0 Å². The summed E-state index contributed by atoms with van der Waals surface area (Å²) in [5.74, 6) is 0. The minimum Gasteiger partial charge on any atom is -0.258 e. The van der Waals surface area contributed by atoms with Crippen LogP contribution >= 0.6 is 0 Å². The van der Waals surface area contributed by atoms with Crippen LogP contribution in [0.5, 0.6) is 0 Å². The van der Waals surface area contributed by atoms with Crippen LogP contribution in [0.15, 0.2) is 48.5 Å². The lowest BCUT2D eigenvalue weighted by Crippen LogP contribution is -1.91. The molecule has 0 fully saturated rings. The van der Waals surface area contributed by atoms with Gasteiger partial charge >= 0.3 is 0 Å². The molecule has 0 amide bonds. The number of nitro benzene ring substituents is 1. The molecule has 0 aliphatic carbocycles. The predicted octanol–water partition coefficient (Wildman–Crippen LogP) is 4.07. The van der Waals surface area contributed by atoms with E-state index in [9.17, 15) is 10.1 Å². The lowest BCUT2D eigenvalue weighted by molar-refractivity contribution is -0.385. The number of hydrogen-bond acceptors (Lipinski definition) is 2. The Kier molecular flexibility index (Phi) is 3.53. The summed E-state index contributed by atoms with van der Waals surface area (Å²) < 4.78 is 0. The summed E-state index contributed by atoms with van der Waals surface area (Å²) in [6, 6.07) is 15.0. The Balaban J connectivity index is 2.23. The monoisotopic (exact) mass is 239 g/mol. The molecule has 0 atom stereocenters. The van der Waals surface area contributed by atoms with Crippen LogP contribution in [0.25, 0.3) is 12.2 Å². The van der Waals surface area contributed by atoms with Crippen molar-refractivity contribution in [2.75, 3.05) is 0 Å². The fourth-order valence-corrected chi connectivity index (χ4v) is 1.74. The normalized spacial score (nSPS) is 10.7. The maximum atomic E-state index is 10.7. The van der Waals surface area contributed by atoms with E-state index in [1.54, 1.807) is 19.1 Å². The highest BCUT2D eigenvalue weighted by molar-refractivity contribution is 5.70. The lowest BCUT2D eigenvalue weighted by atomic mass is 10.1. The molecule has 0 N–H and O–H groups in total. The Morgan fingerprint density at radius 1 is 1.00 bits per heavy atom. The summed E-state index contributed by atoms with van der Waals surface area (Å²) >= 11 is 0. The molecule has 18 heavy (non-hydrogen) atoms. The van der Waals surface area contributed by atoms with Crippen LogP contribution < -0.4 is 0 Å². The van der Waals surface area contributed by atoms with Gasteiger partial charge in [-0.05, 0) is 30.2 Å². The molecule has 0 saturated heterocycles. The first-order valence-electron chi connectivity index (χ1n) is 5.65. The second-order valence-electron chi connectivity index (χ2n) is 4.05. The van der Waals surface area contributed by atoms with Crippen molar-refractivity contribution >= 4 is 17.8 Å². The summed E-state index contributed by atoms with van der Waals surface area (Å²) in [6.45, 7) is 1.75. The molecule has 0 aliphatic heterocycles. The maximum Gasteiger partial charge on any atom is 0.272 e. The Labute approximate surface area is 106 Å². The third kappa shape index (κ3) is 2.83. The van der Waals surface area contributed by atoms with Gasteiger partial charge in [0.2, 0.25) is 0 Å². The van der Waals surface area contributed by atoms with Crippen LogP contribution in [-0.2, 0) is 0 Å². The van der Waals surface area contributed by atoms with E-state index in [1.807, 2.05) is 48.6 Å². The van der Waals surface area contributed by atoms with E-state index in [0.29, 0.717) is 5.56 Å². The highest BCUT2D eigenvalue weighted by Crippen LogP contribution is 2.20. The van der Waals surface area contributed by atoms with Gasteiger partial charge in [-0.3, -0.25) is 10.1 Å². The molecule has 0 bridgehead atoms. The zero-order valence-corrected chi connectivity index (χ0v) is 10.0. The van der Waals surface area contributed by atoms with Crippen LogP contribution in [-0.4, -0.2) is 4.92 Å². The molecule has 0 unspecified atom stereocenters. The Bertz CT molecular complexity index is 589. The van der Waals surface area contributed by atoms with Gasteiger partial charge in [0, 0.05) is 11.6 Å². The summed E-state index contributed by atoms with van der Waals surface area (Å²) in [6.07, 6.45) is 3.94. The van der Waals surface area contributed by atoms with E-state index in [1.165, 1.54) is 0 Å². The van der Waals surface area contributed by atoms with E-state index in [0.717, 1.165) is 11.1 Å². The summed E-state index contributed by atoms with van der Waals surface area (Å²) in [5, 5.41) is 10.7. The highest BCUT2D eigenvalue weighted by Gasteiger charge is 2.08. The van der Waals surface area contributed by atoms with Crippen LogP contribution in [0, 0.1) is 17.0 Å². The topological polar surface area (TPSA) is 43.1 Å². The van der Waals surface area contributed by atoms with Crippen molar-refractivity contribution in [3.8, 4) is 0 Å². The quantitative estimate of drug-likeness (QED) is 0.460. The number of nitro groups is 1. The van der Waals surface area contributed by atoms with Crippen molar-refractivity contribution in [3.05, 3.63) is 75.3 Å². The molecule has 0 saturated carbocycles. The maximum absolute atomic E-state index is 10.7. The molecule has 3 heteroatoms. The Morgan fingerprint density at radius 2 is 1.67 bits per heavy atom. The van der Waals surface area contributed by atoms with Crippen molar-refractivity contribution < 1.29 is 4.92 Å². The molecular formula is C15H13NO2. The van der Waals surface area contributed by atoms with E-state index < -0.39 is 0 Å². The minimum atomic E-state index is -0.361. The van der Waals surface area contributed by atoms with Crippen molar-refractivity contribution in [1.82, 2.24) is 0 Å². The van der Waals surface area contributed by atoms with Crippen LogP contribution in [0.1, 0.15) is 16.7 Å². The molecule has 0 radical (unpaired) electrons. The zero-order valence-electron chi connectivity index (χ0n) is 10.0. The van der Waals surface area contributed by atoms with Gasteiger partial charge in [-0.15, -0.1) is 0 Å². The molecule has 3 nitrogen and oxygen atoms in total. The number of hydrogen-bond donors (Lipinski definition) is 0. The Hall–Kier alpha value is -2.42. The average molecular weight is 239 g/mol. The summed E-state index contributed by atoms with van der Waals surface area (Å²) in [5.41, 5.74) is 2.90. The van der Waals surface area contributed by atoms with Gasteiger partial charge in [0.1, 0.15) is 0 Å². The van der Waals surface area contributed by atoms with Crippen molar-refractivity contribution in [3.63, 3.8) is 0 Å². The molecule has 2 aromatic carbocycles. The zero-order chi connectivity index (χ0) is 13.0. The molecule has 2 aromatic rings. The first kappa shape index (κ1) is 12.0. The summed E-state index contributed by atoms with van der Waals surface area (Å²) in [4.78, 5) is 10.3. The molecule has 90 valence electrons. The number of aryl methyl sites for hydroxylation is 1. The van der Waals surface area contributed by atoms with Gasteiger partial charge in [0.25, 0.3) is 5.69 Å². The molecule has 0 spiro atoms. The van der Waals surface area contributed by atoms with E-state index in [4.69, 9.17) is 0 Å². The van der Waals surface area contributed by atoms with Gasteiger partial charge in [-0.25, -0.2) is 0 Å². The number of benzene rings is 2. The van der Waals surface area contributed by atoms with Crippen LogP contribution in [0.3, 0.4) is 0 Å². The first-order valence-corrected chi connectivity index (χ1v) is 5.65. The minimum absolute atomic E-state index is 0.159. The van der Waals surface area contributed by atoms with Gasteiger partial charge in [0.15, 0.2) is 0 Å². The van der Waals surface area contributed by atoms with Crippen LogP contribution in [0.2, 0.25) is 0 Å². The standard InChI is InChI=1S/C15H13NO2/c1-12-11-14(9-10-15(12)16(17)18)8-7-13-5-3-2-4-6-13/h2-11H,1H3/b8-7+. The fraction of sp³-hybridized carbons (Fsp3) is 0.0667. The van der Waals surface area contributed by atoms with Gasteiger partial charge in [0.05, 0.1) is 4.92 Å². The Morgan fingerprint density at radius 3 is 2.28 bits per heavy atom. The third-order valence-electron chi connectivity index (χ3n) is 2.69. The number of nitrogens with zero attached hydrogens (tertiary/aromatic N) is 1. The second-order valence-corrected chi connectivity index (χ2v) is 4.05. The van der Waals surface area contributed by atoms with Gasteiger partial charge in [-0.2, -0.15) is 0 Å². The third-order valence-corrected chi connectivity index (χ3v) is 2.69. The van der Waals surface area contributed by atoms with E-state index in [-0.39, 0.29) is 10.6 Å². The lowest BCUT2D eigenvalue weighted by Gasteiger charge is -1.99. The molecule has 2 rings (SSSR count). The predicted molar refractivity (Wildman–Crippen MR) is 73.2 cm³/mol. The first-order chi connectivity index (χ1) is 8.66. The average Bonchev–Trinajstić information content (AvgIpc) is 2.37. The SMILES string of the molecule is Cc1cc(/C=C/c2ccccc2)ccc1[N+](=O)[O-]. The number of rotatable bonds is 3. The molecular weight excluding hydrogens is 226 g/mol. The van der Waals surface area contributed by atoms with Crippen LogP contribution in [0.4, 0.5) is 5.69 Å². The van der Waals surface area contributed by atoms with Gasteiger partial charge < -0.3 is 0 Å². The molecule has 0 heterocycles. The van der Waals surface area contributed by atoms with E-state index >= 15 is 0 Å². The van der Waals surface area contributed by atoms with Crippen molar-refractivity contribution in [2.24, 2.45) is 0 Å². The van der Waals surface area contributed by atoms with Gasteiger partial charge in [-0.1, -0.05) is 42.5 Å². The molecule has 0 aliphatic rings. The fourth-order valence-electron chi connectivity index (χ4n) is 1.74. The summed E-state index contributed by atoms with van der Waals surface area (Å²) in [7, 11) is 0. The van der Waals surface area contributed by atoms with Crippen molar-refractivity contribution in [2.45, 2.75) is 6.92 Å².